The molecule has 19 heavy (non-hydrogen) atoms. The Hall–Kier alpha value is -1.71. The monoisotopic (exact) mass is 261 g/mol. The van der Waals surface area contributed by atoms with Crippen LogP contribution in [0.5, 0.6) is 0 Å². The SMILES string of the molecule is CCC(CC)CNC(=O)c1cccc2c1NCCN2. The highest BCUT2D eigenvalue weighted by molar-refractivity contribution is 6.02. The molecule has 4 heteroatoms. The van der Waals surface area contributed by atoms with Gasteiger partial charge in [-0.05, 0) is 18.1 Å². The van der Waals surface area contributed by atoms with E-state index in [1.165, 1.54) is 0 Å². The van der Waals surface area contributed by atoms with Gasteiger partial charge in [0.1, 0.15) is 0 Å². The number of hydrogen-bond acceptors (Lipinski definition) is 3. The minimum Gasteiger partial charge on any atom is -0.382 e. The van der Waals surface area contributed by atoms with Gasteiger partial charge < -0.3 is 16.0 Å². The Balaban J connectivity index is 2.07. The fraction of sp³-hybridized carbons (Fsp3) is 0.533. The molecule has 1 aliphatic rings. The maximum absolute atomic E-state index is 12.3. The van der Waals surface area contributed by atoms with Crippen molar-refractivity contribution < 1.29 is 4.79 Å². The Bertz CT molecular complexity index is 441. The van der Waals surface area contributed by atoms with Crippen molar-refractivity contribution in [2.24, 2.45) is 5.92 Å². The molecule has 1 aromatic carbocycles. The standard InChI is InChI=1S/C15H23N3O/c1-3-11(4-2)10-18-15(19)12-6-5-7-13-14(12)17-9-8-16-13/h5-7,11,16-17H,3-4,8-10H2,1-2H3,(H,18,19). The summed E-state index contributed by atoms with van der Waals surface area (Å²) in [6.45, 7) is 6.82. The van der Waals surface area contributed by atoms with E-state index in [4.69, 9.17) is 0 Å². The quantitative estimate of drug-likeness (QED) is 0.764. The molecule has 1 aliphatic heterocycles. The fourth-order valence-electron chi connectivity index (χ4n) is 2.37. The summed E-state index contributed by atoms with van der Waals surface area (Å²) < 4.78 is 0. The molecular weight excluding hydrogens is 238 g/mol. The summed E-state index contributed by atoms with van der Waals surface area (Å²) >= 11 is 0. The molecule has 104 valence electrons. The number of anilines is 2. The van der Waals surface area contributed by atoms with E-state index in [1.54, 1.807) is 0 Å². The Kier molecular flexibility index (Phi) is 4.66. The molecule has 0 spiro atoms. The fourth-order valence-corrected chi connectivity index (χ4v) is 2.37. The summed E-state index contributed by atoms with van der Waals surface area (Å²) in [6, 6.07) is 5.80. The van der Waals surface area contributed by atoms with E-state index < -0.39 is 0 Å². The van der Waals surface area contributed by atoms with Crippen molar-refractivity contribution in [2.45, 2.75) is 26.7 Å². The number of para-hydroxylation sites is 1. The van der Waals surface area contributed by atoms with Crippen molar-refractivity contribution >= 4 is 17.3 Å². The molecule has 2 rings (SSSR count). The lowest BCUT2D eigenvalue weighted by molar-refractivity contribution is 0.0947. The lowest BCUT2D eigenvalue weighted by atomic mass is 10.0. The third-order valence-corrected chi connectivity index (χ3v) is 3.76. The van der Waals surface area contributed by atoms with Gasteiger partial charge in [-0.2, -0.15) is 0 Å². The van der Waals surface area contributed by atoms with Gasteiger partial charge in [0.2, 0.25) is 0 Å². The third kappa shape index (κ3) is 3.19. The van der Waals surface area contributed by atoms with Gasteiger partial charge in [0.05, 0.1) is 16.9 Å². The van der Waals surface area contributed by atoms with E-state index in [-0.39, 0.29) is 5.91 Å². The maximum atomic E-state index is 12.3. The maximum Gasteiger partial charge on any atom is 0.253 e. The van der Waals surface area contributed by atoms with E-state index in [2.05, 4.69) is 29.8 Å². The number of hydrogen-bond donors (Lipinski definition) is 3. The van der Waals surface area contributed by atoms with E-state index in [0.29, 0.717) is 5.92 Å². The molecule has 0 aromatic heterocycles. The van der Waals surface area contributed by atoms with Gasteiger partial charge in [-0.1, -0.05) is 32.8 Å². The first-order valence-electron chi connectivity index (χ1n) is 7.15. The van der Waals surface area contributed by atoms with Crippen LogP contribution in [-0.2, 0) is 0 Å². The number of rotatable bonds is 5. The zero-order valence-electron chi connectivity index (χ0n) is 11.8. The average Bonchev–Trinajstić information content (AvgIpc) is 2.47. The zero-order valence-corrected chi connectivity index (χ0v) is 11.8. The number of carbonyl (C=O) groups is 1. The van der Waals surface area contributed by atoms with Gasteiger partial charge in [-0.3, -0.25) is 4.79 Å². The number of benzene rings is 1. The molecule has 0 saturated heterocycles. The summed E-state index contributed by atoms with van der Waals surface area (Å²) in [5.41, 5.74) is 2.67. The number of carbonyl (C=O) groups excluding carboxylic acids is 1. The first kappa shape index (κ1) is 13.7. The van der Waals surface area contributed by atoms with Crippen LogP contribution in [0.3, 0.4) is 0 Å². The highest BCUT2D eigenvalue weighted by Crippen LogP contribution is 2.28. The van der Waals surface area contributed by atoms with Gasteiger partial charge >= 0.3 is 0 Å². The highest BCUT2D eigenvalue weighted by Gasteiger charge is 2.17. The van der Waals surface area contributed by atoms with Crippen LogP contribution in [0.25, 0.3) is 0 Å². The van der Waals surface area contributed by atoms with Crippen LogP contribution in [0.15, 0.2) is 18.2 Å². The molecule has 1 aromatic rings. The normalized spacial score (nSPS) is 13.4. The van der Waals surface area contributed by atoms with Crippen molar-refractivity contribution in [1.82, 2.24) is 5.32 Å². The van der Waals surface area contributed by atoms with E-state index in [0.717, 1.165) is 49.4 Å². The Morgan fingerprint density at radius 2 is 2.00 bits per heavy atom. The summed E-state index contributed by atoms with van der Waals surface area (Å²) in [5, 5.41) is 9.65. The van der Waals surface area contributed by atoms with Crippen LogP contribution < -0.4 is 16.0 Å². The smallest absolute Gasteiger partial charge is 0.253 e. The van der Waals surface area contributed by atoms with Crippen molar-refractivity contribution in [2.75, 3.05) is 30.3 Å². The first-order valence-corrected chi connectivity index (χ1v) is 7.15. The minimum atomic E-state index is 0.0138. The Labute approximate surface area is 115 Å². The lowest BCUT2D eigenvalue weighted by Gasteiger charge is -2.22. The molecular formula is C15H23N3O. The number of nitrogens with one attached hydrogen (secondary N) is 3. The molecule has 1 heterocycles. The summed E-state index contributed by atoms with van der Waals surface area (Å²) in [5.74, 6) is 0.578. The average molecular weight is 261 g/mol. The summed E-state index contributed by atoms with van der Waals surface area (Å²) in [6.07, 6.45) is 2.20. The van der Waals surface area contributed by atoms with Crippen molar-refractivity contribution in [3.63, 3.8) is 0 Å². The second-order valence-electron chi connectivity index (χ2n) is 4.97. The van der Waals surface area contributed by atoms with Gasteiger partial charge in [-0.15, -0.1) is 0 Å². The van der Waals surface area contributed by atoms with Crippen molar-refractivity contribution in [1.29, 1.82) is 0 Å². The molecule has 0 fully saturated rings. The van der Waals surface area contributed by atoms with Crippen LogP contribution in [0.2, 0.25) is 0 Å². The van der Waals surface area contributed by atoms with E-state index in [1.807, 2.05) is 18.2 Å². The third-order valence-electron chi connectivity index (χ3n) is 3.76. The van der Waals surface area contributed by atoms with Gasteiger partial charge in [0.25, 0.3) is 5.91 Å². The second-order valence-corrected chi connectivity index (χ2v) is 4.97. The van der Waals surface area contributed by atoms with Crippen molar-refractivity contribution in [3.05, 3.63) is 23.8 Å². The topological polar surface area (TPSA) is 53.2 Å². The van der Waals surface area contributed by atoms with Crippen LogP contribution in [0, 0.1) is 5.92 Å². The Morgan fingerprint density at radius 1 is 1.26 bits per heavy atom. The van der Waals surface area contributed by atoms with E-state index in [9.17, 15) is 4.79 Å². The van der Waals surface area contributed by atoms with Crippen LogP contribution in [-0.4, -0.2) is 25.5 Å². The molecule has 0 aliphatic carbocycles. The van der Waals surface area contributed by atoms with Crippen LogP contribution >= 0.6 is 0 Å². The van der Waals surface area contributed by atoms with Gasteiger partial charge in [0.15, 0.2) is 0 Å². The largest absolute Gasteiger partial charge is 0.382 e. The summed E-state index contributed by atoms with van der Waals surface area (Å²) in [4.78, 5) is 12.3. The van der Waals surface area contributed by atoms with Crippen molar-refractivity contribution in [3.8, 4) is 0 Å². The zero-order chi connectivity index (χ0) is 13.7. The predicted molar refractivity (Wildman–Crippen MR) is 79.8 cm³/mol. The number of amides is 1. The Morgan fingerprint density at radius 3 is 2.74 bits per heavy atom. The van der Waals surface area contributed by atoms with Crippen LogP contribution in [0.1, 0.15) is 37.0 Å². The molecule has 0 unspecified atom stereocenters. The molecule has 0 radical (unpaired) electrons. The summed E-state index contributed by atoms with van der Waals surface area (Å²) in [7, 11) is 0. The number of fused-ring (bicyclic) bond motifs is 1. The van der Waals surface area contributed by atoms with Crippen LogP contribution in [0.4, 0.5) is 11.4 Å². The molecule has 3 N–H and O–H groups in total. The molecule has 0 bridgehead atoms. The van der Waals surface area contributed by atoms with E-state index >= 15 is 0 Å². The molecule has 1 amide bonds. The molecule has 0 atom stereocenters. The first-order chi connectivity index (χ1) is 9.26. The van der Waals surface area contributed by atoms with Gasteiger partial charge in [-0.25, -0.2) is 0 Å². The molecule has 0 saturated carbocycles. The second kappa shape index (κ2) is 6.45. The van der Waals surface area contributed by atoms with Gasteiger partial charge in [0, 0.05) is 19.6 Å². The highest BCUT2D eigenvalue weighted by atomic mass is 16.1. The predicted octanol–water partition coefficient (Wildman–Crippen LogP) is 2.69. The molecule has 4 nitrogen and oxygen atoms in total. The minimum absolute atomic E-state index is 0.0138. The lowest BCUT2D eigenvalue weighted by Crippen LogP contribution is -2.31.